The number of aryl methyl sites for hydroxylation is 1. The first-order chi connectivity index (χ1) is 17.4. The third-order valence-corrected chi connectivity index (χ3v) is 6.42. The number of amides is 1. The molecule has 36 heavy (non-hydrogen) atoms. The molecule has 0 atom stereocenters. The average molecular weight is 526 g/mol. The summed E-state index contributed by atoms with van der Waals surface area (Å²) in [6.45, 7) is 2.84. The molecule has 3 heterocycles. The molecule has 0 radical (unpaired) electrons. The van der Waals surface area contributed by atoms with E-state index in [1.807, 2.05) is 12.1 Å². The van der Waals surface area contributed by atoms with E-state index >= 15 is 0 Å². The number of nitrogens with one attached hydrogen (secondary N) is 1. The number of aromatic nitrogens is 5. The second-order valence-electron chi connectivity index (χ2n) is 8.19. The number of fused-ring (bicyclic) bond motifs is 1. The minimum atomic E-state index is -0.555. The van der Waals surface area contributed by atoms with Gasteiger partial charge in [0, 0.05) is 22.8 Å². The molecule has 5 rings (SSSR count). The number of halogens is 2. The van der Waals surface area contributed by atoms with Crippen LogP contribution in [0.15, 0.2) is 52.2 Å². The summed E-state index contributed by atoms with van der Waals surface area (Å²) < 4.78 is 6.11. The number of nitrogens with two attached hydrogens (primary N) is 1. The van der Waals surface area contributed by atoms with Crippen LogP contribution < -0.4 is 16.1 Å². The first-order valence-electron chi connectivity index (χ1n) is 11.1. The lowest BCUT2D eigenvalue weighted by molar-refractivity contribution is 0.0948. The number of rotatable bonds is 6. The number of nitrogens with zero attached hydrogens (tertiary/aromatic N) is 7. The first kappa shape index (κ1) is 23.8. The topological polar surface area (TPSA) is 140 Å². The Kier molecular flexibility index (Phi) is 6.57. The zero-order valence-corrected chi connectivity index (χ0v) is 20.7. The van der Waals surface area contributed by atoms with Crippen LogP contribution in [0.5, 0.6) is 0 Å². The molecule has 0 bridgehead atoms. The number of hydrogen-bond acceptors (Lipinski definition) is 9. The maximum Gasteiger partial charge on any atom is 0.293 e. The van der Waals surface area contributed by atoms with Gasteiger partial charge in [-0.2, -0.15) is 9.78 Å². The summed E-state index contributed by atoms with van der Waals surface area (Å²) in [7, 11) is 0. The highest BCUT2D eigenvalue weighted by Crippen LogP contribution is 2.29. The quantitative estimate of drug-likeness (QED) is 0.287. The Labute approximate surface area is 215 Å². The Bertz CT molecular complexity index is 1460. The second kappa shape index (κ2) is 9.96. The third-order valence-electron chi connectivity index (χ3n) is 5.87. The molecule has 0 unspecified atom stereocenters. The van der Waals surface area contributed by atoms with E-state index in [1.54, 1.807) is 25.1 Å². The normalized spacial score (nSPS) is 13.5. The van der Waals surface area contributed by atoms with Crippen molar-refractivity contribution in [2.24, 2.45) is 5.10 Å². The van der Waals surface area contributed by atoms with Gasteiger partial charge in [-0.3, -0.25) is 4.79 Å². The van der Waals surface area contributed by atoms with E-state index < -0.39 is 5.91 Å². The molecule has 184 valence electrons. The van der Waals surface area contributed by atoms with Gasteiger partial charge >= 0.3 is 0 Å². The molecule has 4 aromatic rings. The van der Waals surface area contributed by atoms with E-state index in [1.165, 1.54) is 10.2 Å². The molecule has 0 fully saturated rings. The summed E-state index contributed by atoms with van der Waals surface area (Å²) in [6.07, 6.45) is 1.96. The molecule has 2 aromatic carbocycles. The molecule has 1 aliphatic heterocycles. The Balaban J connectivity index is 1.47. The lowest BCUT2D eigenvalue weighted by Crippen LogP contribution is -2.31. The number of hydrazone groups is 1. The van der Waals surface area contributed by atoms with Crippen LogP contribution in [0, 0.1) is 0 Å². The lowest BCUT2D eigenvalue weighted by Gasteiger charge is -2.31. The van der Waals surface area contributed by atoms with Gasteiger partial charge in [-0.1, -0.05) is 52.7 Å². The van der Waals surface area contributed by atoms with Crippen molar-refractivity contribution >= 4 is 46.3 Å². The van der Waals surface area contributed by atoms with Crippen molar-refractivity contribution in [1.82, 2.24) is 30.7 Å². The molecule has 13 heteroatoms. The van der Waals surface area contributed by atoms with Gasteiger partial charge in [0.15, 0.2) is 5.69 Å². The Morgan fingerprint density at radius 3 is 2.83 bits per heavy atom. The van der Waals surface area contributed by atoms with E-state index in [0.29, 0.717) is 33.6 Å². The Morgan fingerprint density at radius 1 is 1.22 bits per heavy atom. The van der Waals surface area contributed by atoms with Crippen LogP contribution in [0.4, 0.5) is 11.5 Å². The first-order valence-corrected chi connectivity index (χ1v) is 11.8. The SMILES string of the molecule is C/C(=N\NC(=O)c1nnn(-c2nonc2N)c1CN1CCCc2ccccc21)c1ccc(Cl)cc1Cl. The van der Waals surface area contributed by atoms with Crippen molar-refractivity contribution in [2.45, 2.75) is 26.3 Å². The molecule has 0 spiro atoms. The molecule has 1 aliphatic rings. The summed E-state index contributed by atoms with van der Waals surface area (Å²) in [5.41, 5.74) is 12.4. The minimum absolute atomic E-state index is 0.0263. The van der Waals surface area contributed by atoms with Crippen LogP contribution >= 0.6 is 23.2 Å². The second-order valence-corrected chi connectivity index (χ2v) is 9.03. The highest BCUT2D eigenvalue weighted by atomic mass is 35.5. The number of hydrogen-bond donors (Lipinski definition) is 2. The van der Waals surface area contributed by atoms with E-state index in [-0.39, 0.29) is 17.3 Å². The van der Waals surface area contributed by atoms with Crippen molar-refractivity contribution < 1.29 is 9.42 Å². The number of anilines is 2. The average Bonchev–Trinajstić information content (AvgIpc) is 3.48. The van der Waals surface area contributed by atoms with Crippen molar-refractivity contribution in [3.63, 3.8) is 0 Å². The molecule has 3 N–H and O–H groups in total. The molecule has 0 saturated carbocycles. The number of carbonyl (C=O) groups excluding carboxylic acids is 1. The van der Waals surface area contributed by atoms with Crippen LogP contribution in [-0.2, 0) is 13.0 Å². The third kappa shape index (κ3) is 4.62. The van der Waals surface area contributed by atoms with Crippen molar-refractivity contribution in [3.8, 4) is 5.82 Å². The zero-order chi connectivity index (χ0) is 25.2. The highest BCUT2D eigenvalue weighted by molar-refractivity contribution is 6.37. The van der Waals surface area contributed by atoms with Crippen molar-refractivity contribution in [3.05, 3.63) is 75.0 Å². The summed E-state index contributed by atoms with van der Waals surface area (Å²) in [4.78, 5) is 15.4. The molecule has 0 aliphatic carbocycles. The number of para-hydroxylation sites is 1. The smallest absolute Gasteiger partial charge is 0.293 e. The molecular formula is C23H21Cl2N9O2. The Morgan fingerprint density at radius 2 is 2.06 bits per heavy atom. The fourth-order valence-corrected chi connectivity index (χ4v) is 4.66. The van der Waals surface area contributed by atoms with Crippen LogP contribution in [0.25, 0.3) is 5.82 Å². The minimum Gasteiger partial charge on any atom is -0.378 e. The fourth-order valence-electron chi connectivity index (χ4n) is 4.12. The van der Waals surface area contributed by atoms with Crippen LogP contribution in [-0.4, -0.2) is 43.5 Å². The Hall–Kier alpha value is -3.96. The molecule has 0 saturated heterocycles. The molecule has 11 nitrogen and oxygen atoms in total. The van der Waals surface area contributed by atoms with Crippen LogP contribution in [0.3, 0.4) is 0 Å². The van der Waals surface area contributed by atoms with Crippen molar-refractivity contribution in [1.29, 1.82) is 0 Å². The molecule has 1 amide bonds. The van der Waals surface area contributed by atoms with E-state index in [0.717, 1.165) is 25.1 Å². The summed E-state index contributed by atoms with van der Waals surface area (Å²) >= 11 is 12.2. The van der Waals surface area contributed by atoms with Gasteiger partial charge < -0.3 is 10.6 Å². The van der Waals surface area contributed by atoms with Gasteiger partial charge in [0.1, 0.15) is 0 Å². The van der Waals surface area contributed by atoms with Gasteiger partial charge in [0.05, 0.1) is 23.0 Å². The van der Waals surface area contributed by atoms with E-state index in [9.17, 15) is 4.79 Å². The predicted molar refractivity (Wildman–Crippen MR) is 136 cm³/mol. The van der Waals surface area contributed by atoms with Gasteiger partial charge in [-0.05, 0) is 53.8 Å². The van der Waals surface area contributed by atoms with Crippen LogP contribution in [0.2, 0.25) is 10.0 Å². The maximum atomic E-state index is 13.2. The summed E-state index contributed by atoms with van der Waals surface area (Å²) in [6, 6.07) is 13.2. The molecular weight excluding hydrogens is 505 g/mol. The van der Waals surface area contributed by atoms with Gasteiger partial charge in [-0.25, -0.2) is 10.1 Å². The van der Waals surface area contributed by atoms with Crippen molar-refractivity contribution in [2.75, 3.05) is 17.2 Å². The number of nitrogen functional groups attached to an aromatic ring is 1. The maximum absolute atomic E-state index is 13.2. The highest BCUT2D eigenvalue weighted by Gasteiger charge is 2.27. The largest absolute Gasteiger partial charge is 0.378 e. The van der Waals surface area contributed by atoms with E-state index in [2.05, 4.69) is 48.2 Å². The van der Waals surface area contributed by atoms with Gasteiger partial charge in [0.25, 0.3) is 5.91 Å². The van der Waals surface area contributed by atoms with Gasteiger partial charge in [-0.15, -0.1) is 5.10 Å². The van der Waals surface area contributed by atoms with Crippen LogP contribution in [0.1, 0.15) is 40.7 Å². The standard InChI is InChI=1S/C23H21Cl2N9O2/c1-13(16-9-8-15(24)11-17(16)25)27-29-23(35)20-19(34(32-28-20)22-21(26)30-36-31-22)12-33-10-4-6-14-5-2-3-7-18(14)33/h2-3,5,7-9,11H,4,6,10,12H2,1H3,(H2,26,30)(H,29,35)/b27-13+. The zero-order valence-electron chi connectivity index (χ0n) is 19.2. The monoisotopic (exact) mass is 525 g/mol. The predicted octanol–water partition coefficient (Wildman–Crippen LogP) is 3.65. The van der Waals surface area contributed by atoms with Gasteiger partial charge in [0.2, 0.25) is 11.6 Å². The van der Waals surface area contributed by atoms with E-state index in [4.69, 9.17) is 33.6 Å². The number of benzene rings is 2. The summed E-state index contributed by atoms with van der Waals surface area (Å²) in [5.74, 6) is -0.381. The number of carbonyl (C=O) groups is 1. The lowest BCUT2D eigenvalue weighted by atomic mass is 10.0. The fraction of sp³-hybridized carbons (Fsp3) is 0.217. The molecule has 2 aromatic heterocycles. The summed E-state index contributed by atoms with van der Waals surface area (Å²) in [5, 5.41) is 20.8.